The number of benzene rings is 2. The fourth-order valence-electron chi connectivity index (χ4n) is 5.32. The van der Waals surface area contributed by atoms with Gasteiger partial charge < -0.3 is 15.5 Å². The van der Waals surface area contributed by atoms with E-state index in [1.165, 1.54) is 0 Å². The van der Waals surface area contributed by atoms with Crippen LogP contribution in [0.3, 0.4) is 0 Å². The van der Waals surface area contributed by atoms with E-state index in [4.69, 9.17) is 16.6 Å². The summed E-state index contributed by atoms with van der Waals surface area (Å²) in [6.45, 7) is 2.50. The molecule has 2 N–H and O–H groups in total. The molecule has 2 fully saturated rings. The lowest BCUT2D eigenvalue weighted by molar-refractivity contribution is -0.126. The molecule has 2 aliphatic heterocycles. The Kier molecular flexibility index (Phi) is 6.32. The molecule has 37 heavy (non-hydrogen) atoms. The minimum absolute atomic E-state index is 0.205. The first kappa shape index (κ1) is 23.6. The average molecular weight is 511 g/mol. The van der Waals surface area contributed by atoms with Crippen LogP contribution in [-0.2, 0) is 4.79 Å². The van der Waals surface area contributed by atoms with Gasteiger partial charge in [-0.25, -0.2) is 9.97 Å². The van der Waals surface area contributed by atoms with Crippen LogP contribution in [-0.4, -0.2) is 40.5 Å². The predicted molar refractivity (Wildman–Crippen MR) is 147 cm³/mol. The first-order valence-corrected chi connectivity index (χ1v) is 12.9. The minimum atomic E-state index is -0.239. The first-order valence-electron chi connectivity index (χ1n) is 12.5. The van der Waals surface area contributed by atoms with E-state index < -0.39 is 0 Å². The Hall–Kier alpha value is -3.81. The molecule has 0 radical (unpaired) electrons. The minimum Gasteiger partial charge on any atom is -0.323 e. The fraction of sp³-hybridized carbons (Fsp3) is 0.241. The van der Waals surface area contributed by atoms with Gasteiger partial charge in [-0.3, -0.25) is 9.78 Å². The number of rotatable bonds is 5. The number of carbonyl (C=O) groups excluding carboxylic acids is 1. The van der Waals surface area contributed by atoms with Crippen LogP contribution in [0.2, 0.25) is 5.02 Å². The topological polar surface area (TPSA) is 83.0 Å². The van der Waals surface area contributed by atoms with Crippen LogP contribution in [0.5, 0.6) is 0 Å². The van der Waals surface area contributed by atoms with Crippen molar-refractivity contribution >= 4 is 34.8 Å². The van der Waals surface area contributed by atoms with Crippen molar-refractivity contribution in [3.8, 4) is 22.4 Å². The third-order valence-electron chi connectivity index (χ3n) is 7.35. The quantitative estimate of drug-likeness (QED) is 0.358. The predicted octanol–water partition coefficient (Wildman–Crippen LogP) is 5.71. The van der Waals surface area contributed by atoms with Crippen LogP contribution in [0.15, 0.2) is 79.3 Å². The molecule has 0 atom stereocenters. The Bertz CT molecular complexity index is 1440. The molecule has 2 saturated heterocycles. The molecule has 2 aromatic heterocycles. The van der Waals surface area contributed by atoms with Gasteiger partial charge in [0.05, 0.1) is 46.1 Å². The van der Waals surface area contributed by atoms with Crippen LogP contribution < -0.4 is 15.5 Å². The molecule has 2 aliphatic rings. The normalized spacial score (nSPS) is 16.8. The zero-order chi connectivity index (χ0) is 25.2. The highest BCUT2D eigenvalue weighted by molar-refractivity contribution is 6.32. The lowest BCUT2D eigenvalue weighted by Gasteiger charge is -2.32. The SMILES string of the molecule is O=C1N(c2cncc(Nc3ncc(Cl)c(-c4cccc(-c5ccccc5)c4)n3)c2)CCC12CCNCC2. The maximum Gasteiger partial charge on any atom is 0.233 e. The summed E-state index contributed by atoms with van der Waals surface area (Å²) in [6, 6.07) is 20.2. The number of nitrogens with zero attached hydrogens (tertiary/aromatic N) is 4. The van der Waals surface area contributed by atoms with E-state index in [1.807, 2.05) is 41.3 Å². The van der Waals surface area contributed by atoms with Crippen molar-refractivity contribution in [3.63, 3.8) is 0 Å². The van der Waals surface area contributed by atoms with Gasteiger partial charge in [0.1, 0.15) is 0 Å². The number of aromatic nitrogens is 3. The van der Waals surface area contributed by atoms with Crippen LogP contribution in [0.25, 0.3) is 22.4 Å². The number of anilines is 3. The number of amides is 1. The molecular formula is C29H27ClN6O. The molecule has 0 saturated carbocycles. The van der Waals surface area contributed by atoms with Gasteiger partial charge >= 0.3 is 0 Å². The summed E-state index contributed by atoms with van der Waals surface area (Å²) in [4.78, 5) is 28.7. The number of carbonyl (C=O) groups is 1. The molecule has 4 aromatic rings. The first-order chi connectivity index (χ1) is 18.1. The summed E-state index contributed by atoms with van der Waals surface area (Å²) in [5, 5.41) is 7.08. The molecule has 1 amide bonds. The van der Waals surface area contributed by atoms with Gasteiger partial charge in [0.25, 0.3) is 0 Å². The third-order valence-corrected chi connectivity index (χ3v) is 7.63. The molecule has 4 heterocycles. The maximum absolute atomic E-state index is 13.3. The lowest BCUT2D eigenvalue weighted by Crippen LogP contribution is -2.42. The van der Waals surface area contributed by atoms with Gasteiger partial charge in [-0.05, 0) is 55.6 Å². The van der Waals surface area contributed by atoms with Crippen LogP contribution in [0.1, 0.15) is 19.3 Å². The summed E-state index contributed by atoms with van der Waals surface area (Å²) < 4.78 is 0. The zero-order valence-electron chi connectivity index (χ0n) is 20.3. The van der Waals surface area contributed by atoms with E-state index in [2.05, 4.69) is 44.9 Å². The molecular weight excluding hydrogens is 484 g/mol. The second-order valence-electron chi connectivity index (χ2n) is 9.63. The summed E-state index contributed by atoms with van der Waals surface area (Å²) in [5.74, 6) is 0.613. The molecule has 8 heteroatoms. The van der Waals surface area contributed by atoms with Crippen LogP contribution in [0.4, 0.5) is 17.3 Å². The second-order valence-corrected chi connectivity index (χ2v) is 10.0. The standard InChI is InChI=1S/C29H27ClN6O/c30-25-19-33-28(35-26(25)22-8-4-7-21(15-22)20-5-2-1-3-6-20)34-23-16-24(18-32-17-23)36-14-11-29(27(36)37)9-12-31-13-10-29/h1-8,15-19,31H,9-14H2,(H,33,34,35). The van der Waals surface area contributed by atoms with E-state index >= 15 is 0 Å². The largest absolute Gasteiger partial charge is 0.323 e. The third kappa shape index (κ3) is 4.68. The lowest BCUT2D eigenvalue weighted by atomic mass is 9.78. The number of hydrogen-bond donors (Lipinski definition) is 2. The van der Waals surface area contributed by atoms with Crippen molar-refractivity contribution in [1.29, 1.82) is 0 Å². The van der Waals surface area contributed by atoms with E-state index in [0.29, 0.717) is 28.9 Å². The maximum atomic E-state index is 13.3. The van der Waals surface area contributed by atoms with Crippen molar-refractivity contribution in [2.75, 3.05) is 29.9 Å². The van der Waals surface area contributed by atoms with Gasteiger partial charge in [-0.15, -0.1) is 0 Å². The van der Waals surface area contributed by atoms with Crippen LogP contribution in [0, 0.1) is 5.41 Å². The number of pyridine rings is 1. The zero-order valence-corrected chi connectivity index (χ0v) is 21.1. The molecule has 7 nitrogen and oxygen atoms in total. The Morgan fingerprint density at radius 3 is 2.51 bits per heavy atom. The Morgan fingerprint density at radius 1 is 0.892 bits per heavy atom. The number of hydrogen-bond acceptors (Lipinski definition) is 6. The summed E-state index contributed by atoms with van der Waals surface area (Å²) >= 11 is 6.52. The monoisotopic (exact) mass is 510 g/mol. The van der Waals surface area contributed by atoms with E-state index in [-0.39, 0.29) is 11.3 Å². The summed E-state index contributed by atoms with van der Waals surface area (Å²) in [7, 11) is 0. The van der Waals surface area contributed by atoms with Crippen LogP contribution >= 0.6 is 11.6 Å². The smallest absolute Gasteiger partial charge is 0.233 e. The Morgan fingerprint density at radius 2 is 1.68 bits per heavy atom. The van der Waals surface area contributed by atoms with Gasteiger partial charge in [0, 0.05) is 12.1 Å². The Labute approximate surface area is 220 Å². The number of nitrogens with one attached hydrogen (secondary N) is 2. The number of halogens is 1. The van der Waals surface area contributed by atoms with E-state index in [0.717, 1.165) is 54.7 Å². The van der Waals surface area contributed by atoms with Crippen molar-refractivity contribution < 1.29 is 4.79 Å². The van der Waals surface area contributed by atoms with E-state index in [9.17, 15) is 4.79 Å². The van der Waals surface area contributed by atoms with Crippen molar-refractivity contribution in [1.82, 2.24) is 20.3 Å². The molecule has 0 unspecified atom stereocenters. The van der Waals surface area contributed by atoms with Gasteiger partial charge in [0.2, 0.25) is 11.9 Å². The van der Waals surface area contributed by atoms with Gasteiger partial charge in [-0.1, -0.05) is 60.1 Å². The molecule has 0 aliphatic carbocycles. The highest BCUT2D eigenvalue weighted by Crippen LogP contribution is 2.42. The second kappa shape index (κ2) is 9.92. The van der Waals surface area contributed by atoms with Crippen molar-refractivity contribution in [2.45, 2.75) is 19.3 Å². The van der Waals surface area contributed by atoms with Gasteiger partial charge in [-0.2, -0.15) is 0 Å². The summed E-state index contributed by atoms with van der Waals surface area (Å²) in [6.07, 6.45) is 7.71. The number of piperidine rings is 1. The molecule has 186 valence electrons. The van der Waals surface area contributed by atoms with Gasteiger partial charge in [0.15, 0.2) is 0 Å². The molecule has 0 bridgehead atoms. The summed E-state index contributed by atoms with van der Waals surface area (Å²) in [5.41, 5.74) is 5.01. The van der Waals surface area contributed by atoms with Crippen molar-refractivity contribution in [3.05, 3.63) is 84.3 Å². The van der Waals surface area contributed by atoms with Crippen molar-refractivity contribution in [2.24, 2.45) is 5.41 Å². The highest BCUT2D eigenvalue weighted by atomic mass is 35.5. The Balaban J connectivity index is 1.24. The molecule has 6 rings (SSSR count). The van der Waals surface area contributed by atoms with E-state index in [1.54, 1.807) is 18.6 Å². The molecule has 1 spiro atoms. The average Bonchev–Trinajstić information content (AvgIpc) is 3.25. The fourth-order valence-corrected chi connectivity index (χ4v) is 5.52. The highest BCUT2D eigenvalue weighted by Gasteiger charge is 2.47. The molecule has 2 aromatic carbocycles.